The first-order valence-corrected chi connectivity index (χ1v) is 6.34. The minimum Gasteiger partial charge on any atom is -0.291 e. The molecule has 0 aliphatic carbocycles. The molecular formula is C9H8ClFO3S. The summed E-state index contributed by atoms with van der Waals surface area (Å²) in [6.07, 6.45) is 0.867. The Balaban J connectivity index is 3.01. The van der Waals surface area contributed by atoms with Crippen LogP contribution in [0.4, 0.5) is 4.39 Å². The summed E-state index contributed by atoms with van der Waals surface area (Å²) < 4.78 is 32.9. The van der Waals surface area contributed by atoms with Gasteiger partial charge in [0.2, 0.25) is 0 Å². The molecule has 0 spiro atoms. The minimum absolute atomic E-state index is 0.0711. The molecule has 1 atom stereocenters. The zero-order valence-corrected chi connectivity index (χ0v) is 9.35. The molecule has 0 aliphatic rings. The van der Waals surface area contributed by atoms with Crippen LogP contribution in [0.5, 0.6) is 0 Å². The van der Waals surface area contributed by atoms with Crippen molar-refractivity contribution in [2.24, 2.45) is 0 Å². The van der Waals surface area contributed by atoms with Crippen molar-refractivity contribution in [3.63, 3.8) is 0 Å². The summed E-state index contributed by atoms with van der Waals surface area (Å²) >= 11 is 5.45. The van der Waals surface area contributed by atoms with Crippen molar-refractivity contribution in [2.45, 2.75) is 4.71 Å². The van der Waals surface area contributed by atoms with Crippen LogP contribution < -0.4 is 0 Å². The molecule has 0 radical (unpaired) electrons. The molecule has 82 valence electrons. The summed E-state index contributed by atoms with van der Waals surface area (Å²) in [4.78, 5) is 11.5. The molecule has 0 aliphatic heterocycles. The Morgan fingerprint density at radius 1 is 1.33 bits per heavy atom. The van der Waals surface area contributed by atoms with Gasteiger partial charge in [-0.3, -0.25) is 4.79 Å². The van der Waals surface area contributed by atoms with Gasteiger partial charge in [-0.1, -0.05) is 11.6 Å². The van der Waals surface area contributed by atoms with Crippen molar-refractivity contribution >= 4 is 27.2 Å². The molecule has 3 nitrogen and oxygen atoms in total. The third-order valence-electron chi connectivity index (χ3n) is 1.71. The molecule has 0 aromatic heterocycles. The molecule has 0 saturated heterocycles. The van der Waals surface area contributed by atoms with E-state index in [0.29, 0.717) is 0 Å². The quantitative estimate of drug-likeness (QED) is 0.605. The first-order chi connectivity index (χ1) is 6.82. The smallest absolute Gasteiger partial charge is 0.197 e. The van der Waals surface area contributed by atoms with Crippen LogP contribution in [0.3, 0.4) is 0 Å². The van der Waals surface area contributed by atoms with E-state index in [0.717, 1.165) is 18.4 Å². The lowest BCUT2D eigenvalue weighted by Crippen LogP contribution is -2.23. The van der Waals surface area contributed by atoms with Gasteiger partial charge in [0.15, 0.2) is 20.3 Å². The molecule has 1 aromatic carbocycles. The molecule has 6 heteroatoms. The molecule has 0 bridgehead atoms. The van der Waals surface area contributed by atoms with Gasteiger partial charge in [-0.15, -0.1) is 0 Å². The lowest BCUT2D eigenvalue weighted by Gasteiger charge is -2.05. The Kier molecular flexibility index (Phi) is 3.46. The van der Waals surface area contributed by atoms with E-state index in [9.17, 15) is 17.6 Å². The zero-order valence-electron chi connectivity index (χ0n) is 7.78. The highest BCUT2D eigenvalue weighted by atomic mass is 35.5. The van der Waals surface area contributed by atoms with Gasteiger partial charge < -0.3 is 0 Å². The van der Waals surface area contributed by atoms with Gasteiger partial charge >= 0.3 is 0 Å². The van der Waals surface area contributed by atoms with E-state index in [2.05, 4.69) is 0 Å². The van der Waals surface area contributed by atoms with Crippen molar-refractivity contribution in [2.75, 3.05) is 6.26 Å². The van der Waals surface area contributed by atoms with Crippen molar-refractivity contribution in [3.05, 3.63) is 35.6 Å². The van der Waals surface area contributed by atoms with E-state index < -0.39 is 26.1 Å². The van der Waals surface area contributed by atoms with Crippen LogP contribution in [0, 0.1) is 5.82 Å². The molecule has 0 amide bonds. The van der Waals surface area contributed by atoms with E-state index in [-0.39, 0.29) is 5.56 Å². The average molecular weight is 251 g/mol. The van der Waals surface area contributed by atoms with E-state index in [1.807, 2.05) is 0 Å². The fourth-order valence-electron chi connectivity index (χ4n) is 0.940. The van der Waals surface area contributed by atoms with E-state index in [1.54, 1.807) is 0 Å². The lowest BCUT2D eigenvalue weighted by molar-refractivity contribution is 0.101. The fraction of sp³-hybridized carbons (Fsp3) is 0.222. The number of rotatable bonds is 3. The van der Waals surface area contributed by atoms with E-state index in [4.69, 9.17) is 11.6 Å². The number of halogens is 2. The summed E-state index contributed by atoms with van der Waals surface area (Å²) in [5.41, 5.74) is 0.0711. The van der Waals surface area contributed by atoms with Crippen LogP contribution in [0.15, 0.2) is 24.3 Å². The normalized spacial score (nSPS) is 13.5. The number of ketones is 1. The summed E-state index contributed by atoms with van der Waals surface area (Å²) in [6, 6.07) is 4.52. The first-order valence-electron chi connectivity index (χ1n) is 3.95. The monoisotopic (exact) mass is 250 g/mol. The van der Waals surface area contributed by atoms with Crippen LogP contribution in [-0.4, -0.2) is 25.2 Å². The maximum Gasteiger partial charge on any atom is 0.197 e. The van der Waals surface area contributed by atoms with Crippen molar-refractivity contribution in [3.8, 4) is 0 Å². The third kappa shape index (κ3) is 3.00. The Labute approximate surface area is 91.8 Å². The van der Waals surface area contributed by atoms with Gasteiger partial charge in [0.1, 0.15) is 5.82 Å². The highest BCUT2D eigenvalue weighted by Crippen LogP contribution is 2.13. The molecule has 1 aromatic rings. The average Bonchev–Trinajstić information content (AvgIpc) is 2.15. The van der Waals surface area contributed by atoms with Gasteiger partial charge in [0, 0.05) is 11.8 Å². The first kappa shape index (κ1) is 12.1. The summed E-state index contributed by atoms with van der Waals surface area (Å²) in [5, 5.41) is 0. The minimum atomic E-state index is -3.64. The van der Waals surface area contributed by atoms with Crippen molar-refractivity contribution < 1.29 is 17.6 Å². The molecule has 0 unspecified atom stereocenters. The number of benzene rings is 1. The van der Waals surface area contributed by atoms with Crippen LogP contribution in [-0.2, 0) is 9.84 Å². The van der Waals surface area contributed by atoms with Crippen LogP contribution in [0.25, 0.3) is 0 Å². The maximum absolute atomic E-state index is 12.5. The van der Waals surface area contributed by atoms with Gasteiger partial charge in [0.25, 0.3) is 0 Å². The summed E-state index contributed by atoms with van der Waals surface area (Å²) in [5.74, 6) is -1.25. The Bertz CT molecular complexity index is 467. The predicted octanol–water partition coefficient (Wildman–Crippen LogP) is 1.62. The second kappa shape index (κ2) is 4.28. The zero-order chi connectivity index (χ0) is 11.6. The molecule has 0 saturated carbocycles. The second-order valence-electron chi connectivity index (χ2n) is 3.02. The number of hydrogen-bond donors (Lipinski definition) is 0. The number of Topliss-reactive ketones (excluding diaryl/α,β-unsaturated/α-hetero) is 1. The number of carbonyl (C=O) groups excluding carboxylic acids is 1. The number of sulfone groups is 1. The summed E-state index contributed by atoms with van der Waals surface area (Å²) in [7, 11) is -3.64. The molecule has 0 N–H and O–H groups in total. The molecule has 1 rings (SSSR count). The lowest BCUT2D eigenvalue weighted by atomic mass is 10.1. The highest BCUT2D eigenvalue weighted by Gasteiger charge is 2.26. The van der Waals surface area contributed by atoms with E-state index in [1.165, 1.54) is 12.1 Å². The van der Waals surface area contributed by atoms with E-state index >= 15 is 0 Å². The molecule has 0 heterocycles. The Hall–Kier alpha value is -0.940. The molecule has 0 fully saturated rings. The Morgan fingerprint density at radius 2 is 1.80 bits per heavy atom. The van der Waals surface area contributed by atoms with Crippen LogP contribution >= 0.6 is 11.6 Å². The molecule has 15 heavy (non-hydrogen) atoms. The largest absolute Gasteiger partial charge is 0.291 e. The SMILES string of the molecule is CS(=O)(=O)[C@H](Cl)C(=O)c1ccc(F)cc1. The standard InChI is InChI=1S/C9H8ClFO3S/c1-15(13,14)9(10)8(12)6-2-4-7(11)5-3-6/h2-5,9H,1H3/t9-/m0/s1. The topological polar surface area (TPSA) is 51.2 Å². The van der Waals surface area contributed by atoms with Crippen LogP contribution in [0.2, 0.25) is 0 Å². The van der Waals surface area contributed by atoms with Gasteiger partial charge in [-0.05, 0) is 24.3 Å². The van der Waals surface area contributed by atoms with Crippen molar-refractivity contribution in [1.29, 1.82) is 0 Å². The van der Waals surface area contributed by atoms with Crippen molar-refractivity contribution in [1.82, 2.24) is 0 Å². The highest BCUT2D eigenvalue weighted by molar-refractivity contribution is 7.93. The Morgan fingerprint density at radius 3 is 2.20 bits per heavy atom. The fourth-order valence-corrected chi connectivity index (χ4v) is 1.59. The predicted molar refractivity (Wildman–Crippen MR) is 55.2 cm³/mol. The number of carbonyl (C=O) groups is 1. The maximum atomic E-state index is 12.5. The summed E-state index contributed by atoms with van der Waals surface area (Å²) in [6.45, 7) is 0. The van der Waals surface area contributed by atoms with Crippen LogP contribution in [0.1, 0.15) is 10.4 Å². The molecular weight excluding hydrogens is 243 g/mol. The van der Waals surface area contributed by atoms with Gasteiger partial charge in [0.05, 0.1) is 0 Å². The van der Waals surface area contributed by atoms with Gasteiger partial charge in [-0.2, -0.15) is 0 Å². The van der Waals surface area contributed by atoms with Gasteiger partial charge in [-0.25, -0.2) is 12.8 Å². The number of hydrogen-bond acceptors (Lipinski definition) is 3. The number of alkyl halides is 1. The second-order valence-corrected chi connectivity index (χ2v) is 5.84. The third-order valence-corrected chi connectivity index (χ3v) is 3.85.